The van der Waals surface area contributed by atoms with Crippen molar-refractivity contribution in [3.05, 3.63) is 83.4 Å². The minimum atomic E-state index is 1.05. The number of aryl methyl sites for hydroxylation is 3. The van der Waals surface area contributed by atoms with E-state index in [0.29, 0.717) is 0 Å². The second-order valence-electron chi connectivity index (χ2n) is 6.14. The van der Waals surface area contributed by atoms with Gasteiger partial charge in [0.05, 0.1) is 0 Å². The summed E-state index contributed by atoms with van der Waals surface area (Å²) >= 11 is 0. The topological polar surface area (TPSA) is 0 Å². The zero-order chi connectivity index (χ0) is 16.2. The van der Waals surface area contributed by atoms with Crippen molar-refractivity contribution in [3.63, 3.8) is 0 Å². The van der Waals surface area contributed by atoms with Crippen molar-refractivity contribution < 1.29 is 0 Å². The molecule has 0 aliphatic heterocycles. The van der Waals surface area contributed by atoms with Gasteiger partial charge >= 0.3 is 0 Å². The Hall–Kier alpha value is -2.34. The van der Waals surface area contributed by atoms with E-state index in [9.17, 15) is 0 Å². The fraction of sp³-hybridized carbons (Fsp3) is 0.217. The van der Waals surface area contributed by atoms with E-state index >= 15 is 0 Å². The van der Waals surface area contributed by atoms with Crippen LogP contribution in [0, 0.1) is 6.92 Å². The van der Waals surface area contributed by atoms with Gasteiger partial charge in [0.2, 0.25) is 0 Å². The monoisotopic (exact) mass is 300 g/mol. The van der Waals surface area contributed by atoms with Gasteiger partial charge < -0.3 is 0 Å². The van der Waals surface area contributed by atoms with Gasteiger partial charge in [-0.1, -0.05) is 80.1 Å². The molecular weight excluding hydrogens is 276 g/mol. The average molecular weight is 300 g/mol. The minimum Gasteiger partial charge on any atom is -0.0613 e. The number of rotatable bonds is 4. The molecule has 0 saturated carbocycles. The van der Waals surface area contributed by atoms with Crippen LogP contribution in [-0.4, -0.2) is 0 Å². The van der Waals surface area contributed by atoms with Gasteiger partial charge in [0.15, 0.2) is 0 Å². The highest BCUT2D eigenvalue weighted by atomic mass is 14.1. The van der Waals surface area contributed by atoms with Gasteiger partial charge in [-0.3, -0.25) is 0 Å². The Morgan fingerprint density at radius 1 is 0.609 bits per heavy atom. The summed E-state index contributed by atoms with van der Waals surface area (Å²) in [6.45, 7) is 6.56. The Balaban J connectivity index is 2.06. The van der Waals surface area contributed by atoms with Crippen LogP contribution in [0.1, 0.15) is 30.5 Å². The van der Waals surface area contributed by atoms with Crippen molar-refractivity contribution in [2.75, 3.05) is 0 Å². The first-order chi connectivity index (χ1) is 11.2. The molecule has 0 aromatic heterocycles. The molecule has 0 saturated heterocycles. The Labute approximate surface area is 139 Å². The van der Waals surface area contributed by atoms with Crippen LogP contribution < -0.4 is 0 Å². The molecule has 0 atom stereocenters. The molecular formula is C23H24. The molecule has 0 radical (unpaired) electrons. The molecule has 0 heteroatoms. The normalized spacial score (nSPS) is 10.7. The predicted molar refractivity (Wildman–Crippen MR) is 101 cm³/mol. The van der Waals surface area contributed by atoms with Crippen LogP contribution in [0.5, 0.6) is 0 Å². The van der Waals surface area contributed by atoms with Crippen molar-refractivity contribution in [2.45, 2.75) is 33.6 Å². The highest BCUT2D eigenvalue weighted by Gasteiger charge is 2.07. The Bertz CT molecular complexity index is 777. The molecule has 3 rings (SSSR count). The molecule has 0 fully saturated rings. The molecule has 0 amide bonds. The van der Waals surface area contributed by atoms with Gasteiger partial charge in [-0.2, -0.15) is 0 Å². The third kappa shape index (κ3) is 3.37. The first-order valence-corrected chi connectivity index (χ1v) is 8.50. The van der Waals surface area contributed by atoms with Crippen LogP contribution in [0.2, 0.25) is 0 Å². The molecule has 3 aromatic rings. The second-order valence-corrected chi connectivity index (χ2v) is 6.14. The average Bonchev–Trinajstić information content (AvgIpc) is 2.62. The molecule has 0 nitrogen and oxygen atoms in total. The van der Waals surface area contributed by atoms with Crippen molar-refractivity contribution in [1.29, 1.82) is 0 Å². The van der Waals surface area contributed by atoms with Gasteiger partial charge in [-0.05, 0) is 59.2 Å². The highest BCUT2D eigenvalue weighted by molar-refractivity contribution is 5.75. The van der Waals surface area contributed by atoms with Crippen LogP contribution in [0.25, 0.3) is 22.3 Å². The Kier molecular flexibility index (Phi) is 4.62. The molecule has 0 heterocycles. The fourth-order valence-corrected chi connectivity index (χ4v) is 3.00. The van der Waals surface area contributed by atoms with E-state index in [1.807, 2.05) is 0 Å². The maximum absolute atomic E-state index is 2.34. The fourth-order valence-electron chi connectivity index (χ4n) is 3.00. The maximum Gasteiger partial charge on any atom is -0.0146 e. The van der Waals surface area contributed by atoms with Crippen molar-refractivity contribution in [3.8, 4) is 22.3 Å². The standard InChI is InChI=1S/C23H24/c1-4-18-8-12-21(13-9-18)23-16-22(15-14-19(23)5-2)20-10-6-17(3)7-11-20/h6-16H,4-5H2,1-3H3. The summed E-state index contributed by atoms with van der Waals surface area (Å²) in [5.41, 5.74) is 9.34. The molecule has 0 N–H and O–H groups in total. The summed E-state index contributed by atoms with van der Waals surface area (Å²) in [6, 6.07) is 24.6. The summed E-state index contributed by atoms with van der Waals surface area (Å²) in [7, 11) is 0. The first-order valence-electron chi connectivity index (χ1n) is 8.50. The van der Waals surface area contributed by atoms with E-state index in [1.165, 1.54) is 38.9 Å². The van der Waals surface area contributed by atoms with Gasteiger partial charge in [0, 0.05) is 0 Å². The summed E-state index contributed by atoms with van der Waals surface area (Å²) in [6.07, 6.45) is 2.14. The number of hydrogen-bond donors (Lipinski definition) is 0. The highest BCUT2D eigenvalue weighted by Crippen LogP contribution is 2.30. The zero-order valence-electron chi connectivity index (χ0n) is 14.3. The van der Waals surface area contributed by atoms with Gasteiger partial charge in [0.25, 0.3) is 0 Å². The SMILES string of the molecule is CCc1ccc(-c2cc(-c3ccc(C)cc3)ccc2CC)cc1. The smallest absolute Gasteiger partial charge is 0.0146 e. The van der Waals surface area contributed by atoms with Crippen LogP contribution in [0.3, 0.4) is 0 Å². The summed E-state index contributed by atoms with van der Waals surface area (Å²) < 4.78 is 0. The van der Waals surface area contributed by atoms with Gasteiger partial charge in [0.1, 0.15) is 0 Å². The van der Waals surface area contributed by atoms with Crippen LogP contribution >= 0.6 is 0 Å². The lowest BCUT2D eigenvalue weighted by molar-refractivity contribution is 1.13. The molecule has 0 spiro atoms. The van der Waals surface area contributed by atoms with E-state index in [-0.39, 0.29) is 0 Å². The summed E-state index contributed by atoms with van der Waals surface area (Å²) in [5.74, 6) is 0. The number of benzene rings is 3. The van der Waals surface area contributed by atoms with E-state index < -0.39 is 0 Å². The third-order valence-corrected chi connectivity index (χ3v) is 4.55. The molecule has 0 aliphatic rings. The molecule has 3 aromatic carbocycles. The molecule has 0 unspecified atom stereocenters. The van der Waals surface area contributed by atoms with E-state index in [0.717, 1.165) is 12.8 Å². The Morgan fingerprint density at radius 2 is 1.22 bits per heavy atom. The second kappa shape index (κ2) is 6.83. The minimum absolute atomic E-state index is 1.05. The van der Waals surface area contributed by atoms with Gasteiger partial charge in [-0.25, -0.2) is 0 Å². The Morgan fingerprint density at radius 3 is 1.83 bits per heavy atom. The summed E-state index contributed by atoms with van der Waals surface area (Å²) in [4.78, 5) is 0. The molecule has 0 bridgehead atoms. The lowest BCUT2D eigenvalue weighted by Crippen LogP contribution is -1.90. The van der Waals surface area contributed by atoms with Gasteiger partial charge in [-0.15, -0.1) is 0 Å². The largest absolute Gasteiger partial charge is 0.0613 e. The van der Waals surface area contributed by atoms with E-state index in [2.05, 4.69) is 87.5 Å². The molecule has 0 aliphatic carbocycles. The quantitative estimate of drug-likeness (QED) is 0.519. The van der Waals surface area contributed by atoms with Crippen molar-refractivity contribution in [1.82, 2.24) is 0 Å². The van der Waals surface area contributed by atoms with E-state index in [4.69, 9.17) is 0 Å². The van der Waals surface area contributed by atoms with Crippen LogP contribution in [-0.2, 0) is 12.8 Å². The maximum atomic E-state index is 2.34. The lowest BCUT2D eigenvalue weighted by atomic mass is 9.92. The van der Waals surface area contributed by atoms with Crippen molar-refractivity contribution in [2.24, 2.45) is 0 Å². The van der Waals surface area contributed by atoms with Crippen LogP contribution in [0.4, 0.5) is 0 Å². The van der Waals surface area contributed by atoms with Crippen LogP contribution in [0.15, 0.2) is 66.7 Å². The summed E-state index contributed by atoms with van der Waals surface area (Å²) in [5, 5.41) is 0. The third-order valence-electron chi connectivity index (χ3n) is 4.55. The predicted octanol–water partition coefficient (Wildman–Crippen LogP) is 6.45. The lowest BCUT2D eigenvalue weighted by Gasteiger charge is -2.12. The van der Waals surface area contributed by atoms with Crippen molar-refractivity contribution >= 4 is 0 Å². The van der Waals surface area contributed by atoms with E-state index in [1.54, 1.807) is 0 Å². The molecule has 116 valence electrons. The first kappa shape index (κ1) is 15.6. The number of hydrogen-bond acceptors (Lipinski definition) is 0. The zero-order valence-corrected chi connectivity index (χ0v) is 14.3. The molecule has 23 heavy (non-hydrogen) atoms.